The van der Waals surface area contributed by atoms with E-state index in [-0.39, 0.29) is 0 Å². The molecule has 13 aromatic rings. The molecule has 0 bridgehead atoms. The van der Waals surface area contributed by atoms with E-state index in [4.69, 9.17) is 0 Å². The molecular formula is C74H45NS2. The number of fused-ring (bicyclic) bond motifs is 24. The number of hydrogen-bond acceptors (Lipinski definition) is 3. The summed E-state index contributed by atoms with van der Waals surface area (Å²) < 4.78 is 0. The molecule has 0 atom stereocenters. The highest BCUT2D eigenvalue weighted by atomic mass is 32.2. The Morgan fingerprint density at radius 2 is 0.649 bits per heavy atom. The average Bonchev–Trinajstić information content (AvgIpc) is 4.21. The molecule has 3 heteroatoms. The molecule has 0 saturated heterocycles. The zero-order chi connectivity index (χ0) is 50.4. The highest BCUT2D eigenvalue weighted by molar-refractivity contribution is 7.99. The van der Waals surface area contributed by atoms with Crippen LogP contribution in [-0.2, 0) is 10.8 Å². The molecule has 0 fully saturated rings. The van der Waals surface area contributed by atoms with Gasteiger partial charge in [0.1, 0.15) is 0 Å². The second-order valence-electron chi connectivity index (χ2n) is 20.9. The van der Waals surface area contributed by atoms with Crippen LogP contribution < -0.4 is 4.90 Å². The molecule has 0 aromatic heterocycles. The van der Waals surface area contributed by atoms with Gasteiger partial charge >= 0.3 is 0 Å². The van der Waals surface area contributed by atoms with Gasteiger partial charge in [-0.2, -0.15) is 0 Å². The van der Waals surface area contributed by atoms with Crippen LogP contribution in [0.15, 0.2) is 293 Å². The zero-order valence-corrected chi connectivity index (χ0v) is 43.4. The summed E-state index contributed by atoms with van der Waals surface area (Å²) in [7, 11) is 0. The third kappa shape index (κ3) is 5.83. The van der Waals surface area contributed by atoms with Gasteiger partial charge in [0.2, 0.25) is 0 Å². The topological polar surface area (TPSA) is 3.24 Å². The van der Waals surface area contributed by atoms with Gasteiger partial charge in [0, 0.05) is 36.5 Å². The van der Waals surface area contributed by atoms with Crippen molar-refractivity contribution in [3.63, 3.8) is 0 Å². The fourth-order valence-corrected chi connectivity index (χ4v) is 16.8. The maximum atomic E-state index is 2.56. The van der Waals surface area contributed by atoms with Crippen LogP contribution in [-0.4, -0.2) is 0 Å². The van der Waals surface area contributed by atoms with Crippen molar-refractivity contribution in [3.05, 3.63) is 317 Å². The van der Waals surface area contributed by atoms with E-state index in [1.165, 1.54) is 130 Å². The SMILES string of the molecule is c1ccc2c(c1)Sc1ccccc1C21c2ccccc2-c2cc(N(c3ccc(-c4ccc5c6ccccc6c6ccccc6c5c4)cc3)c3cccc4c3-c3ccccc3C43c4ccccc4Sc4ccccc43)ccc21. The smallest absolute Gasteiger partial charge is 0.0736 e. The molecule has 2 heterocycles. The van der Waals surface area contributed by atoms with E-state index in [0.717, 1.165) is 17.1 Å². The average molecular weight is 1010 g/mol. The molecule has 4 aliphatic rings. The van der Waals surface area contributed by atoms with Gasteiger partial charge in [-0.05, 0) is 165 Å². The maximum Gasteiger partial charge on any atom is 0.0736 e. The minimum absolute atomic E-state index is 0.466. The Morgan fingerprint density at radius 1 is 0.247 bits per heavy atom. The molecule has 1 nitrogen and oxygen atoms in total. The van der Waals surface area contributed by atoms with E-state index in [2.05, 4.69) is 278 Å². The van der Waals surface area contributed by atoms with E-state index in [9.17, 15) is 0 Å². The van der Waals surface area contributed by atoms with Crippen LogP contribution in [0.2, 0.25) is 0 Å². The molecule has 0 unspecified atom stereocenters. The Morgan fingerprint density at radius 3 is 1.22 bits per heavy atom. The lowest BCUT2D eigenvalue weighted by atomic mass is 9.67. The first-order valence-corrected chi connectivity index (χ1v) is 28.3. The van der Waals surface area contributed by atoms with Gasteiger partial charge in [0.15, 0.2) is 0 Å². The van der Waals surface area contributed by atoms with Gasteiger partial charge in [-0.3, -0.25) is 0 Å². The van der Waals surface area contributed by atoms with Crippen molar-refractivity contribution in [2.75, 3.05) is 4.90 Å². The van der Waals surface area contributed by atoms with Crippen molar-refractivity contribution in [2.24, 2.45) is 0 Å². The molecule has 0 amide bonds. The van der Waals surface area contributed by atoms with E-state index in [0.29, 0.717) is 0 Å². The predicted octanol–water partition coefficient (Wildman–Crippen LogP) is 19.9. The third-order valence-corrected chi connectivity index (χ3v) is 19.7. The second-order valence-corrected chi connectivity index (χ2v) is 23.1. The summed E-state index contributed by atoms with van der Waals surface area (Å²) in [5.41, 5.74) is 20.5. The summed E-state index contributed by atoms with van der Waals surface area (Å²) in [6.07, 6.45) is 0. The highest BCUT2D eigenvalue weighted by Crippen LogP contribution is 2.66. The first-order chi connectivity index (χ1) is 38.2. The molecular weight excluding hydrogens is 967 g/mol. The number of hydrogen-bond donors (Lipinski definition) is 0. The van der Waals surface area contributed by atoms with Crippen LogP contribution in [0.5, 0.6) is 0 Å². The van der Waals surface area contributed by atoms with Gasteiger partial charge in [-0.1, -0.05) is 236 Å². The number of benzene rings is 13. The van der Waals surface area contributed by atoms with Crippen LogP contribution in [0.3, 0.4) is 0 Å². The van der Waals surface area contributed by atoms with Crippen LogP contribution in [0.1, 0.15) is 44.5 Å². The fourth-order valence-electron chi connectivity index (χ4n) is 14.4. The molecule has 17 rings (SSSR count). The minimum atomic E-state index is -0.509. The Balaban J connectivity index is 0.908. The molecule has 2 aliphatic heterocycles. The zero-order valence-electron chi connectivity index (χ0n) is 41.7. The van der Waals surface area contributed by atoms with Crippen molar-refractivity contribution < 1.29 is 0 Å². The summed E-state index contributed by atoms with van der Waals surface area (Å²) in [4.78, 5) is 7.78. The van der Waals surface area contributed by atoms with Crippen LogP contribution in [0.25, 0.3) is 65.7 Å². The predicted molar refractivity (Wildman–Crippen MR) is 322 cm³/mol. The lowest BCUT2D eigenvalue weighted by molar-refractivity contribution is 0.722. The third-order valence-electron chi connectivity index (χ3n) is 17.4. The summed E-state index contributed by atoms with van der Waals surface area (Å²) >= 11 is 3.78. The number of rotatable bonds is 4. The van der Waals surface area contributed by atoms with Crippen molar-refractivity contribution in [2.45, 2.75) is 30.4 Å². The molecule has 2 aliphatic carbocycles. The molecule has 0 saturated carbocycles. The van der Waals surface area contributed by atoms with Crippen molar-refractivity contribution in [1.29, 1.82) is 0 Å². The van der Waals surface area contributed by atoms with Crippen molar-refractivity contribution >= 4 is 72.9 Å². The number of nitrogens with zero attached hydrogens (tertiary/aromatic N) is 1. The monoisotopic (exact) mass is 1010 g/mol. The Kier molecular flexibility index (Phi) is 9.20. The molecule has 2 spiro atoms. The van der Waals surface area contributed by atoms with Crippen LogP contribution in [0, 0.1) is 0 Å². The Bertz CT molecular complexity index is 4540. The first kappa shape index (κ1) is 43.4. The molecule has 358 valence electrons. The second kappa shape index (κ2) is 16.3. The first-order valence-electron chi connectivity index (χ1n) is 26.6. The standard InChI is InChI=1S/C74H45NS2/c1-2-20-52-50(18-1)51-19-3-4-21-53(51)57-44-47(38-42-54(52)57)46-36-39-48(40-37-46)75(49-41-43-61-58(45-49)55-22-5-7-24-59(55)73(61)62-26-9-13-32-68(62)76-69-33-14-10-27-63(69)73)67-31-17-30-66-72(67)56-23-6-8-25-60(56)74(66)64-28-11-15-34-70(64)77-71-35-16-12-29-65(71)74/h1-45H. The molecule has 0 N–H and O–H groups in total. The van der Waals surface area contributed by atoms with E-state index in [1.54, 1.807) is 0 Å². The number of anilines is 3. The van der Waals surface area contributed by atoms with Gasteiger partial charge in [0.25, 0.3) is 0 Å². The van der Waals surface area contributed by atoms with Crippen LogP contribution >= 0.6 is 23.5 Å². The van der Waals surface area contributed by atoms with Gasteiger partial charge in [-0.15, -0.1) is 0 Å². The fraction of sp³-hybridized carbons (Fsp3) is 0.0270. The summed E-state index contributed by atoms with van der Waals surface area (Å²) in [5.74, 6) is 0. The maximum absolute atomic E-state index is 2.56. The normalized spacial score (nSPS) is 14.3. The van der Waals surface area contributed by atoms with Gasteiger partial charge in [0.05, 0.1) is 16.5 Å². The van der Waals surface area contributed by atoms with E-state index >= 15 is 0 Å². The Labute approximate surface area is 456 Å². The van der Waals surface area contributed by atoms with Gasteiger partial charge in [-0.25, -0.2) is 0 Å². The Hall–Kier alpha value is -8.86. The lowest BCUT2D eigenvalue weighted by Gasteiger charge is -2.40. The minimum Gasteiger partial charge on any atom is -0.310 e. The van der Waals surface area contributed by atoms with E-state index in [1.807, 2.05) is 23.5 Å². The summed E-state index contributed by atoms with van der Waals surface area (Å²) in [6, 6.07) is 103. The molecule has 77 heavy (non-hydrogen) atoms. The van der Waals surface area contributed by atoms with Crippen LogP contribution in [0.4, 0.5) is 17.1 Å². The van der Waals surface area contributed by atoms with E-state index < -0.39 is 10.8 Å². The van der Waals surface area contributed by atoms with Crippen molar-refractivity contribution in [1.82, 2.24) is 0 Å². The molecule has 0 radical (unpaired) electrons. The quantitative estimate of drug-likeness (QED) is 0.162. The summed E-state index contributed by atoms with van der Waals surface area (Å²) in [5, 5.41) is 7.70. The largest absolute Gasteiger partial charge is 0.310 e. The van der Waals surface area contributed by atoms with Gasteiger partial charge < -0.3 is 4.90 Å². The summed E-state index contributed by atoms with van der Waals surface area (Å²) in [6.45, 7) is 0. The lowest BCUT2D eigenvalue weighted by Crippen LogP contribution is -2.32. The molecule has 13 aromatic carbocycles. The van der Waals surface area contributed by atoms with Crippen molar-refractivity contribution in [3.8, 4) is 33.4 Å². The highest BCUT2D eigenvalue weighted by Gasteiger charge is 2.52.